The smallest absolute Gasteiger partial charge is 0.187 e. The van der Waals surface area contributed by atoms with Crippen molar-refractivity contribution in [2.24, 2.45) is 0 Å². The summed E-state index contributed by atoms with van der Waals surface area (Å²) in [6.45, 7) is 1.96. The highest BCUT2D eigenvalue weighted by atomic mass is 16.3. The summed E-state index contributed by atoms with van der Waals surface area (Å²) in [7, 11) is 0. The highest BCUT2D eigenvalue weighted by Crippen LogP contribution is 2.20. The second-order valence-electron chi connectivity index (χ2n) is 2.76. The van der Waals surface area contributed by atoms with Crippen LogP contribution in [0.2, 0.25) is 0 Å². The minimum absolute atomic E-state index is 0.374. The summed E-state index contributed by atoms with van der Waals surface area (Å²) in [5.41, 5.74) is 0.657. The predicted octanol–water partition coefficient (Wildman–Crippen LogP) is 0.0174. The van der Waals surface area contributed by atoms with Crippen LogP contribution < -0.4 is 0 Å². The van der Waals surface area contributed by atoms with Crippen LogP contribution in [0, 0.1) is 0 Å². The number of hydrogen-bond donors (Lipinski definition) is 2. The molecule has 0 aliphatic heterocycles. The maximum atomic E-state index is 10.8. The lowest BCUT2D eigenvalue weighted by atomic mass is 10.1. The Labute approximate surface area is 65.3 Å². The molecule has 2 N–H and O–H groups in total. The fraction of sp³-hybridized carbons (Fsp3) is 0.625. The van der Waals surface area contributed by atoms with Crippen LogP contribution in [0.3, 0.4) is 0 Å². The van der Waals surface area contributed by atoms with Gasteiger partial charge in [0.25, 0.3) is 0 Å². The van der Waals surface area contributed by atoms with Crippen molar-refractivity contribution in [3.05, 3.63) is 11.6 Å². The third kappa shape index (κ3) is 1.49. The van der Waals surface area contributed by atoms with Crippen LogP contribution in [0.25, 0.3) is 0 Å². The number of carbonyl (C=O) groups excluding carboxylic acids is 1. The predicted molar refractivity (Wildman–Crippen MR) is 40.0 cm³/mol. The third-order valence-electron chi connectivity index (χ3n) is 1.84. The normalized spacial score (nSPS) is 30.8. The zero-order chi connectivity index (χ0) is 8.43. The first kappa shape index (κ1) is 8.43. The van der Waals surface area contributed by atoms with Gasteiger partial charge in [-0.15, -0.1) is 0 Å². The van der Waals surface area contributed by atoms with Crippen LogP contribution in [-0.4, -0.2) is 28.2 Å². The number of aliphatic hydroxyl groups excluding tert-OH is 2. The van der Waals surface area contributed by atoms with E-state index in [1.807, 2.05) is 6.92 Å². The van der Waals surface area contributed by atoms with E-state index in [1.165, 1.54) is 6.08 Å². The minimum Gasteiger partial charge on any atom is -0.386 e. The molecular formula is C8H12O3. The second kappa shape index (κ2) is 3.15. The summed E-state index contributed by atoms with van der Waals surface area (Å²) >= 11 is 0. The largest absolute Gasteiger partial charge is 0.386 e. The maximum Gasteiger partial charge on any atom is 0.187 e. The van der Waals surface area contributed by atoms with Gasteiger partial charge in [0.1, 0.15) is 12.2 Å². The molecule has 0 heterocycles. The van der Waals surface area contributed by atoms with Crippen molar-refractivity contribution in [3.8, 4) is 0 Å². The Morgan fingerprint density at radius 3 is 2.45 bits per heavy atom. The zero-order valence-corrected chi connectivity index (χ0v) is 6.45. The molecule has 0 radical (unpaired) electrons. The Kier molecular flexibility index (Phi) is 2.42. The van der Waals surface area contributed by atoms with E-state index in [0.29, 0.717) is 12.0 Å². The molecular weight excluding hydrogens is 144 g/mol. The first-order valence-corrected chi connectivity index (χ1v) is 3.77. The van der Waals surface area contributed by atoms with Crippen molar-refractivity contribution in [1.82, 2.24) is 0 Å². The Balaban J connectivity index is 2.67. The molecule has 0 saturated carbocycles. The minimum atomic E-state index is -1.21. The van der Waals surface area contributed by atoms with Crippen molar-refractivity contribution in [2.45, 2.75) is 32.0 Å². The van der Waals surface area contributed by atoms with E-state index in [-0.39, 0.29) is 5.78 Å². The number of hydrogen-bond acceptors (Lipinski definition) is 3. The third-order valence-corrected chi connectivity index (χ3v) is 1.84. The highest BCUT2D eigenvalue weighted by Gasteiger charge is 2.31. The van der Waals surface area contributed by atoms with Gasteiger partial charge in [0.05, 0.1) is 0 Å². The van der Waals surface area contributed by atoms with Crippen molar-refractivity contribution in [1.29, 1.82) is 0 Å². The van der Waals surface area contributed by atoms with E-state index in [9.17, 15) is 9.90 Å². The van der Waals surface area contributed by atoms with Crippen LogP contribution in [0.4, 0.5) is 0 Å². The Morgan fingerprint density at radius 1 is 1.45 bits per heavy atom. The topological polar surface area (TPSA) is 57.5 Å². The molecule has 1 unspecified atom stereocenters. The van der Waals surface area contributed by atoms with Crippen molar-refractivity contribution >= 4 is 5.78 Å². The van der Waals surface area contributed by atoms with Crippen LogP contribution in [-0.2, 0) is 4.79 Å². The fourth-order valence-electron chi connectivity index (χ4n) is 1.22. The standard InChI is InChI=1S/C8H12O3/c1-2-3-5-4-6(9)8(11)7(5)10/h4,7-8,10-11H,2-3H2,1H3/t7?,8-/m0/s1. The van der Waals surface area contributed by atoms with Crippen molar-refractivity contribution < 1.29 is 15.0 Å². The highest BCUT2D eigenvalue weighted by molar-refractivity contribution is 5.97. The number of aliphatic hydroxyl groups is 2. The molecule has 0 bridgehead atoms. The Bertz CT molecular complexity index is 196. The molecule has 1 aliphatic rings. The molecule has 2 atom stereocenters. The first-order valence-electron chi connectivity index (χ1n) is 3.77. The summed E-state index contributed by atoms with van der Waals surface area (Å²) in [5, 5.41) is 18.2. The molecule has 0 aromatic rings. The molecule has 62 valence electrons. The number of carbonyl (C=O) groups is 1. The van der Waals surface area contributed by atoms with Gasteiger partial charge in [-0.1, -0.05) is 13.3 Å². The lowest BCUT2D eigenvalue weighted by molar-refractivity contribution is -0.124. The molecule has 0 aromatic carbocycles. The quantitative estimate of drug-likeness (QED) is 0.592. The SMILES string of the molecule is CCCC1=CC(=O)[C@H](O)C1O. The van der Waals surface area contributed by atoms with E-state index in [2.05, 4.69) is 0 Å². The monoisotopic (exact) mass is 156 g/mol. The summed E-state index contributed by atoms with van der Waals surface area (Å²) in [6, 6.07) is 0. The molecule has 1 aliphatic carbocycles. The van der Waals surface area contributed by atoms with Gasteiger partial charge in [-0.3, -0.25) is 4.79 Å². The fourth-order valence-corrected chi connectivity index (χ4v) is 1.22. The van der Waals surface area contributed by atoms with Gasteiger partial charge >= 0.3 is 0 Å². The molecule has 1 rings (SSSR count). The molecule has 0 fully saturated rings. The van der Waals surface area contributed by atoms with Crippen molar-refractivity contribution in [3.63, 3.8) is 0 Å². The summed E-state index contributed by atoms with van der Waals surface area (Å²) in [4.78, 5) is 10.8. The molecule has 0 saturated heterocycles. The van der Waals surface area contributed by atoms with Gasteiger partial charge < -0.3 is 10.2 Å². The van der Waals surface area contributed by atoms with Gasteiger partial charge in [-0.25, -0.2) is 0 Å². The number of rotatable bonds is 2. The van der Waals surface area contributed by atoms with Crippen LogP contribution in [0.5, 0.6) is 0 Å². The van der Waals surface area contributed by atoms with Crippen LogP contribution >= 0.6 is 0 Å². The lowest BCUT2D eigenvalue weighted by Gasteiger charge is -2.09. The molecule has 0 aromatic heterocycles. The summed E-state index contributed by atoms with van der Waals surface area (Å²) in [6.07, 6.45) is 0.741. The van der Waals surface area contributed by atoms with Gasteiger partial charge in [0.2, 0.25) is 0 Å². The Hall–Kier alpha value is -0.670. The van der Waals surface area contributed by atoms with Gasteiger partial charge in [-0.2, -0.15) is 0 Å². The first-order chi connectivity index (χ1) is 5.16. The summed E-state index contributed by atoms with van der Waals surface area (Å²) < 4.78 is 0. The second-order valence-corrected chi connectivity index (χ2v) is 2.76. The molecule has 0 spiro atoms. The molecule has 3 nitrogen and oxygen atoms in total. The van der Waals surface area contributed by atoms with Gasteiger partial charge in [0.15, 0.2) is 5.78 Å². The average molecular weight is 156 g/mol. The maximum absolute atomic E-state index is 10.8. The van der Waals surface area contributed by atoms with E-state index < -0.39 is 12.2 Å². The van der Waals surface area contributed by atoms with Gasteiger partial charge in [-0.05, 0) is 18.1 Å². The molecule has 11 heavy (non-hydrogen) atoms. The van der Waals surface area contributed by atoms with E-state index in [1.54, 1.807) is 0 Å². The zero-order valence-electron chi connectivity index (χ0n) is 6.45. The Morgan fingerprint density at radius 2 is 2.09 bits per heavy atom. The van der Waals surface area contributed by atoms with E-state index >= 15 is 0 Å². The molecule has 0 amide bonds. The van der Waals surface area contributed by atoms with E-state index in [0.717, 1.165) is 6.42 Å². The van der Waals surface area contributed by atoms with E-state index in [4.69, 9.17) is 5.11 Å². The summed E-state index contributed by atoms with van der Waals surface area (Å²) in [5.74, 6) is -0.374. The van der Waals surface area contributed by atoms with Crippen LogP contribution in [0.1, 0.15) is 19.8 Å². The van der Waals surface area contributed by atoms with Crippen molar-refractivity contribution in [2.75, 3.05) is 0 Å². The molecule has 3 heteroatoms. The number of ketones is 1. The average Bonchev–Trinajstić information content (AvgIpc) is 2.19. The lowest BCUT2D eigenvalue weighted by Crippen LogP contribution is -2.27. The van der Waals surface area contributed by atoms with Gasteiger partial charge in [0, 0.05) is 0 Å². The van der Waals surface area contributed by atoms with Crippen LogP contribution in [0.15, 0.2) is 11.6 Å².